The molecule has 0 spiro atoms. The maximum absolute atomic E-state index is 10.8. The lowest BCUT2D eigenvalue weighted by molar-refractivity contribution is -0.384. The van der Waals surface area contributed by atoms with Crippen molar-refractivity contribution in [2.45, 2.75) is 6.42 Å². The van der Waals surface area contributed by atoms with Crippen LogP contribution in [0.1, 0.15) is 5.69 Å². The number of nitro groups is 1. The minimum atomic E-state index is -0.551. The van der Waals surface area contributed by atoms with Crippen LogP contribution in [-0.4, -0.2) is 26.4 Å². The molecule has 0 saturated carbocycles. The van der Waals surface area contributed by atoms with Crippen LogP contribution in [0.5, 0.6) is 0 Å². The highest BCUT2D eigenvalue weighted by atomic mass is 32.1. The Bertz CT molecular complexity index is 544. The molecule has 0 radical (unpaired) electrons. The number of anilines is 2. The van der Waals surface area contributed by atoms with Gasteiger partial charge in [-0.1, -0.05) is 0 Å². The summed E-state index contributed by atoms with van der Waals surface area (Å²) in [6.07, 6.45) is 1.75. The van der Waals surface area contributed by atoms with E-state index >= 15 is 0 Å². The van der Waals surface area contributed by atoms with Crippen LogP contribution in [0.3, 0.4) is 0 Å². The van der Waals surface area contributed by atoms with Gasteiger partial charge in [0.15, 0.2) is 0 Å². The van der Waals surface area contributed by atoms with Crippen molar-refractivity contribution < 1.29 is 4.92 Å². The van der Waals surface area contributed by atoms with Crippen molar-refractivity contribution in [2.75, 3.05) is 17.6 Å². The minimum absolute atomic E-state index is 0.00300. The normalized spacial score (nSPS) is 10.2. The number of rotatable bonds is 5. The maximum atomic E-state index is 10.8. The van der Waals surface area contributed by atoms with Crippen LogP contribution in [0.25, 0.3) is 0 Å². The summed E-state index contributed by atoms with van der Waals surface area (Å²) in [7, 11) is 0. The van der Waals surface area contributed by atoms with Crippen LogP contribution in [0.2, 0.25) is 0 Å². The summed E-state index contributed by atoms with van der Waals surface area (Å²) in [6.45, 7) is 0.487. The van der Waals surface area contributed by atoms with Gasteiger partial charge in [0.25, 0.3) is 0 Å². The average Bonchev–Trinajstić information content (AvgIpc) is 2.82. The van der Waals surface area contributed by atoms with Gasteiger partial charge in [0.1, 0.15) is 6.20 Å². The van der Waals surface area contributed by atoms with E-state index in [-0.39, 0.29) is 17.5 Å². The first-order valence-corrected chi connectivity index (χ1v) is 5.99. The van der Waals surface area contributed by atoms with E-state index in [9.17, 15) is 10.1 Å². The van der Waals surface area contributed by atoms with Crippen LogP contribution in [0, 0.1) is 10.1 Å². The van der Waals surface area contributed by atoms with Crippen LogP contribution in [-0.2, 0) is 6.42 Å². The van der Waals surface area contributed by atoms with Gasteiger partial charge in [-0.15, -0.1) is 11.3 Å². The fraction of sp³-hybridized carbons (Fsp3) is 0.222. The number of nitrogens with two attached hydrogens (primary N) is 1. The SMILES string of the molecule is Nc1ncc([N+](=O)[O-])c(NCCc2cscn2)n1. The second-order valence-corrected chi connectivity index (χ2v) is 4.09. The van der Waals surface area contributed by atoms with E-state index < -0.39 is 4.92 Å². The van der Waals surface area contributed by atoms with E-state index in [0.29, 0.717) is 13.0 Å². The molecule has 0 aliphatic carbocycles. The van der Waals surface area contributed by atoms with E-state index in [1.165, 1.54) is 11.3 Å². The third-order valence-electron chi connectivity index (χ3n) is 2.14. The molecule has 9 heteroatoms. The highest BCUT2D eigenvalue weighted by Crippen LogP contribution is 2.20. The molecule has 94 valence electrons. The zero-order valence-corrected chi connectivity index (χ0v) is 10.1. The Morgan fingerprint density at radius 3 is 3.00 bits per heavy atom. The summed E-state index contributed by atoms with van der Waals surface area (Å²) in [5.74, 6) is 0.125. The lowest BCUT2D eigenvalue weighted by atomic mass is 10.3. The molecule has 0 aromatic carbocycles. The molecule has 2 aromatic rings. The monoisotopic (exact) mass is 266 g/mol. The van der Waals surface area contributed by atoms with Gasteiger partial charge < -0.3 is 11.1 Å². The van der Waals surface area contributed by atoms with Crippen LogP contribution >= 0.6 is 11.3 Å². The highest BCUT2D eigenvalue weighted by molar-refractivity contribution is 7.07. The Morgan fingerprint density at radius 1 is 1.50 bits per heavy atom. The van der Waals surface area contributed by atoms with Gasteiger partial charge in [-0.25, -0.2) is 9.97 Å². The molecule has 3 N–H and O–H groups in total. The highest BCUT2D eigenvalue weighted by Gasteiger charge is 2.16. The van der Waals surface area contributed by atoms with Gasteiger partial charge in [0.05, 0.1) is 16.1 Å². The zero-order valence-electron chi connectivity index (χ0n) is 9.24. The first-order chi connectivity index (χ1) is 8.66. The quantitative estimate of drug-likeness (QED) is 0.613. The number of nitrogens with one attached hydrogen (secondary N) is 1. The fourth-order valence-corrected chi connectivity index (χ4v) is 1.92. The minimum Gasteiger partial charge on any atom is -0.368 e. The second kappa shape index (κ2) is 5.36. The van der Waals surface area contributed by atoms with E-state index in [2.05, 4.69) is 20.3 Å². The summed E-state index contributed by atoms with van der Waals surface area (Å²) in [6, 6.07) is 0. The standard InChI is InChI=1S/C9H10N6O2S/c10-9-12-3-7(15(16)17)8(14-9)11-2-1-6-4-18-5-13-6/h3-5H,1-2H2,(H3,10,11,12,14). The molecule has 0 bridgehead atoms. The Hall–Kier alpha value is -2.29. The van der Waals surface area contributed by atoms with Crippen molar-refractivity contribution in [1.82, 2.24) is 15.0 Å². The molecule has 0 atom stereocenters. The molecular formula is C9H10N6O2S. The number of aromatic nitrogens is 3. The van der Waals surface area contributed by atoms with Crippen molar-refractivity contribution in [3.05, 3.63) is 32.9 Å². The average molecular weight is 266 g/mol. The molecular weight excluding hydrogens is 256 g/mol. The van der Waals surface area contributed by atoms with E-state index in [1.807, 2.05) is 5.38 Å². The molecule has 18 heavy (non-hydrogen) atoms. The van der Waals surface area contributed by atoms with Gasteiger partial charge in [-0.05, 0) is 0 Å². The Kier molecular flexibility index (Phi) is 3.63. The lowest BCUT2D eigenvalue weighted by Gasteiger charge is -2.05. The molecule has 0 amide bonds. The molecule has 0 fully saturated rings. The van der Waals surface area contributed by atoms with Crippen LogP contribution in [0.4, 0.5) is 17.5 Å². The number of hydrogen-bond donors (Lipinski definition) is 2. The van der Waals surface area contributed by atoms with E-state index in [0.717, 1.165) is 11.9 Å². The van der Waals surface area contributed by atoms with E-state index in [4.69, 9.17) is 5.73 Å². The third-order valence-corrected chi connectivity index (χ3v) is 2.78. The van der Waals surface area contributed by atoms with Crippen molar-refractivity contribution in [3.8, 4) is 0 Å². The molecule has 0 saturated heterocycles. The van der Waals surface area contributed by atoms with Gasteiger partial charge >= 0.3 is 5.69 Å². The van der Waals surface area contributed by atoms with Crippen molar-refractivity contribution >= 4 is 28.8 Å². The predicted molar refractivity (Wildman–Crippen MR) is 67.4 cm³/mol. The number of thiazole rings is 1. The molecule has 0 unspecified atom stereocenters. The summed E-state index contributed by atoms with van der Waals surface area (Å²) < 4.78 is 0. The molecule has 2 heterocycles. The first-order valence-electron chi connectivity index (χ1n) is 5.04. The van der Waals surface area contributed by atoms with Crippen molar-refractivity contribution in [1.29, 1.82) is 0 Å². The number of nitrogens with zero attached hydrogens (tertiary/aromatic N) is 4. The number of nitrogen functional groups attached to an aromatic ring is 1. The third kappa shape index (κ3) is 2.88. The lowest BCUT2D eigenvalue weighted by Crippen LogP contribution is -2.10. The summed E-state index contributed by atoms with van der Waals surface area (Å²) in [5, 5.41) is 15.5. The van der Waals surface area contributed by atoms with Gasteiger partial charge in [0.2, 0.25) is 11.8 Å². The summed E-state index contributed by atoms with van der Waals surface area (Å²) in [5.41, 5.74) is 7.87. The molecule has 8 nitrogen and oxygen atoms in total. The van der Waals surface area contributed by atoms with Gasteiger partial charge in [-0.3, -0.25) is 10.1 Å². The molecule has 0 aliphatic heterocycles. The zero-order chi connectivity index (χ0) is 13.0. The smallest absolute Gasteiger partial charge is 0.329 e. The summed E-state index contributed by atoms with van der Waals surface area (Å²) in [4.78, 5) is 21.7. The van der Waals surface area contributed by atoms with Gasteiger partial charge in [0, 0.05) is 18.3 Å². The number of hydrogen-bond acceptors (Lipinski definition) is 8. The largest absolute Gasteiger partial charge is 0.368 e. The summed E-state index contributed by atoms with van der Waals surface area (Å²) >= 11 is 1.50. The molecule has 2 rings (SSSR count). The topological polar surface area (TPSA) is 120 Å². The Morgan fingerprint density at radius 2 is 2.33 bits per heavy atom. The van der Waals surface area contributed by atoms with E-state index in [1.54, 1.807) is 5.51 Å². The Labute approximate surface area is 106 Å². The first kappa shape index (κ1) is 12.2. The Balaban J connectivity index is 2.03. The predicted octanol–water partition coefficient (Wildman–Crippen LogP) is 1.08. The van der Waals surface area contributed by atoms with Crippen molar-refractivity contribution in [2.24, 2.45) is 0 Å². The molecule has 2 aromatic heterocycles. The molecule has 0 aliphatic rings. The van der Waals surface area contributed by atoms with Crippen LogP contribution < -0.4 is 11.1 Å². The van der Waals surface area contributed by atoms with Crippen molar-refractivity contribution in [3.63, 3.8) is 0 Å². The van der Waals surface area contributed by atoms with Crippen LogP contribution in [0.15, 0.2) is 17.1 Å². The maximum Gasteiger partial charge on any atom is 0.329 e. The second-order valence-electron chi connectivity index (χ2n) is 3.38. The fourth-order valence-electron chi connectivity index (χ4n) is 1.32. The van der Waals surface area contributed by atoms with Gasteiger partial charge in [-0.2, -0.15) is 4.98 Å².